The number of amides is 1. The molecule has 128 valence electrons. The molecule has 0 atom stereocenters. The molecule has 7 heteroatoms. The maximum Gasteiger partial charge on any atom is 0.274 e. The molecule has 0 aromatic carbocycles. The van der Waals surface area contributed by atoms with Gasteiger partial charge in [-0.25, -0.2) is 9.97 Å². The van der Waals surface area contributed by atoms with Crippen molar-refractivity contribution in [2.75, 3.05) is 26.2 Å². The Hall–Kier alpha value is -1.92. The fraction of sp³-hybridized carbons (Fsp3) is 0.471. The summed E-state index contributed by atoms with van der Waals surface area (Å²) in [6.45, 7) is 7.64. The van der Waals surface area contributed by atoms with Crippen LogP contribution < -0.4 is 0 Å². The van der Waals surface area contributed by atoms with Crippen LogP contribution in [0.5, 0.6) is 0 Å². The minimum absolute atomic E-state index is 0.123. The Kier molecular flexibility index (Phi) is 5.16. The van der Waals surface area contributed by atoms with Crippen LogP contribution in [0.3, 0.4) is 0 Å². The number of carbonyl (C=O) groups is 1. The predicted molar refractivity (Wildman–Crippen MR) is 91.0 cm³/mol. The summed E-state index contributed by atoms with van der Waals surface area (Å²) < 4.78 is 5.37. The zero-order valence-electron chi connectivity index (χ0n) is 13.9. The summed E-state index contributed by atoms with van der Waals surface area (Å²) in [4.78, 5) is 25.4. The highest BCUT2D eigenvalue weighted by Crippen LogP contribution is 2.19. The Balaban J connectivity index is 1.64. The van der Waals surface area contributed by atoms with Crippen LogP contribution in [0.25, 0.3) is 0 Å². The van der Waals surface area contributed by atoms with Crippen LogP contribution in [0.1, 0.15) is 41.8 Å². The van der Waals surface area contributed by atoms with Crippen molar-refractivity contribution in [2.45, 2.75) is 26.3 Å². The lowest BCUT2D eigenvalue weighted by molar-refractivity contribution is 0.0614. The van der Waals surface area contributed by atoms with Crippen LogP contribution in [0.2, 0.25) is 5.02 Å². The maximum atomic E-state index is 12.7. The molecule has 0 spiro atoms. The van der Waals surface area contributed by atoms with Crippen LogP contribution in [0.4, 0.5) is 0 Å². The van der Waals surface area contributed by atoms with E-state index >= 15 is 0 Å². The summed E-state index contributed by atoms with van der Waals surface area (Å²) in [5.41, 5.74) is 0.301. The Morgan fingerprint density at radius 1 is 1.33 bits per heavy atom. The van der Waals surface area contributed by atoms with Crippen LogP contribution in [0, 0.1) is 0 Å². The molecule has 3 heterocycles. The van der Waals surface area contributed by atoms with Gasteiger partial charge in [0.1, 0.15) is 11.6 Å². The van der Waals surface area contributed by atoms with Crippen molar-refractivity contribution in [1.29, 1.82) is 0 Å². The minimum atomic E-state index is -0.123. The fourth-order valence-corrected chi connectivity index (χ4v) is 2.86. The SMILES string of the molecule is CC(C)c1ncc(Cl)c(C(=O)N2CCN(Cc3ccco3)CC2)n1. The van der Waals surface area contributed by atoms with Gasteiger partial charge in [-0.1, -0.05) is 25.4 Å². The first kappa shape index (κ1) is 16.9. The van der Waals surface area contributed by atoms with Gasteiger partial charge < -0.3 is 9.32 Å². The van der Waals surface area contributed by atoms with Crippen LogP contribution in [0.15, 0.2) is 29.0 Å². The van der Waals surface area contributed by atoms with Gasteiger partial charge in [0, 0.05) is 32.1 Å². The smallest absolute Gasteiger partial charge is 0.274 e. The average Bonchev–Trinajstić information content (AvgIpc) is 3.08. The normalized spacial score (nSPS) is 15.9. The molecule has 1 saturated heterocycles. The summed E-state index contributed by atoms with van der Waals surface area (Å²) >= 11 is 6.14. The zero-order valence-corrected chi connectivity index (χ0v) is 14.7. The third-order valence-electron chi connectivity index (χ3n) is 4.10. The number of hydrogen-bond donors (Lipinski definition) is 0. The molecule has 0 unspecified atom stereocenters. The molecule has 0 aliphatic carbocycles. The molecule has 0 N–H and O–H groups in total. The summed E-state index contributed by atoms with van der Waals surface area (Å²) in [5.74, 6) is 1.61. The molecular formula is C17H21ClN4O2. The molecule has 2 aromatic heterocycles. The van der Waals surface area contributed by atoms with Gasteiger partial charge in [0.25, 0.3) is 5.91 Å². The molecule has 1 amide bonds. The number of rotatable bonds is 4. The van der Waals surface area contributed by atoms with Crippen molar-refractivity contribution in [3.05, 3.63) is 46.9 Å². The predicted octanol–water partition coefficient (Wildman–Crippen LogP) is 2.80. The van der Waals surface area contributed by atoms with E-state index in [2.05, 4.69) is 14.9 Å². The van der Waals surface area contributed by atoms with E-state index in [0.29, 0.717) is 29.6 Å². The minimum Gasteiger partial charge on any atom is -0.468 e. The topological polar surface area (TPSA) is 62.5 Å². The molecule has 1 aliphatic rings. The molecule has 1 fully saturated rings. The standard InChI is InChI=1S/C17H21ClN4O2/c1-12(2)16-19-10-14(18)15(20-16)17(23)22-7-5-21(6-8-22)11-13-4-3-9-24-13/h3-4,9-10,12H,5-8,11H2,1-2H3. The lowest BCUT2D eigenvalue weighted by Gasteiger charge is -2.34. The van der Waals surface area contributed by atoms with Gasteiger partial charge in [0.05, 0.1) is 24.0 Å². The van der Waals surface area contributed by atoms with Crippen molar-refractivity contribution >= 4 is 17.5 Å². The number of nitrogens with zero attached hydrogens (tertiary/aromatic N) is 4. The lowest BCUT2D eigenvalue weighted by atomic mass is 10.2. The highest BCUT2D eigenvalue weighted by atomic mass is 35.5. The number of aromatic nitrogens is 2. The molecule has 1 aliphatic heterocycles. The molecule has 0 saturated carbocycles. The Morgan fingerprint density at radius 2 is 2.08 bits per heavy atom. The van der Waals surface area contributed by atoms with Crippen LogP contribution in [-0.2, 0) is 6.54 Å². The van der Waals surface area contributed by atoms with Gasteiger partial charge in [-0.15, -0.1) is 0 Å². The van der Waals surface area contributed by atoms with E-state index in [1.165, 1.54) is 6.20 Å². The first-order chi connectivity index (χ1) is 11.5. The van der Waals surface area contributed by atoms with Gasteiger partial charge in [-0.05, 0) is 12.1 Å². The van der Waals surface area contributed by atoms with Gasteiger partial charge in [0.15, 0.2) is 5.69 Å². The molecule has 2 aromatic rings. The summed E-state index contributed by atoms with van der Waals surface area (Å²) in [6.07, 6.45) is 3.20. The van der Waals surface area contributed by atoms with Crippen molar-refractivity contribution in [3.63, 3.8) is 0 Å². The molecule has 3 rings (SSSR count). The number of furan rings is 1. The second kappa shape index (κ2) is 7.32. The number of piperazine rings is 1. The van der Waals surface area contributed by atoms with E-state index in [-0.39, 0.29) is 11.8 Å². The van der Waals surface area contributed by atoms with Gasteiger partial charge in [-0.3, -0.25) is 9.69 Å². The Bertz CT molecular complexity index is 695. The fourth-order valence-electron chi connectivity index (χ4n) is 2.69. The summed E-state index contributed by atoms with van der Waals surface area (Å²) in [5, 5.41) is 0.308. The van der Waals surface area contributed by atoms with E-state index in [4.69, 9.17) is 16.0 Å². The van der Waals surface area contributed by atoms with E-state index in [1.807, 2.05) is 26.0 Å². The first-order valence-corrected chi connectivity index (χ1v) is 8.49. The number of halogens is 1. The van der Waals surface area contributed by atoms with Crippen molar-refractivity contribution in [3.8, 4) is 0 Å². The second-order valence-electron chi connectivity index (χ2n) is 6.23. The van der Waals surface area contributed by atoms with Gasteiger partial charge >= 0.3 is 0 Å². The molecule has 24 heavy (non-hydrogen) atoms. The summed E-state index contributed by atoms with van der Waals surface area (Å²) in [6, 6.07) is 3.85. The number of hydrogen-bond acceptors (Lipinski definition) is 5. The molecular weight excluding hydrogens is 328 g/mol. The van der Waals surface area contributed by atoms with E-state index in [0.717, 1.165) is 25.4 Å². The van der Waals surface area contributed by atoms with E-state index in [1.54, 1.807) is 11.2 Å². The first-order valence-electron chi connectivity index (χ1n) is 8.11. The molecule has 6 nitrogen and oxygen atoms in total. The van der Waals surface area contributed by atoms with Crippen LogP contribution >= 0.6 is 11.6 Å². The average molecular weight is 349 g/mol. The maximum absolute atomic E-state index is 12.7. The van der Waals surface area contributed by atoms with E-state index < -0.39 is 0 Å². The Labute approximate surface area is 146 Å². The van der Waals surface area contributed by atoms with Crippen LogP contribution in [-0.4, -0.2) is 51.9 Å². The third kappa shape index (κ3) is 3.76. The quantitative estimate of drug-likeness (QED) is 0.850. The second-order valence-corrected chi connectivity index (χ2v) is 6.63. The monoisotopic (exact) mass is 348 g/mol. The Morgan fingerprint density at radius 3 is 2.71 bits per heavy atom. The largest absolute Gasteiger partial charge is 0.468 e. The third-order valence-corrected chi connectivity index (χ3v) is 4.38. The van der Waals surface area contributed by atoms with Crippen molar-refractivity contribution in [1.82, 2.24) is 19.8 Å². The van der Waals surface area contributed by atoms with Gasteiger partial charge in [0.2, 0.25) is 0 Å². The number of carbonyl (C=O) groups excluding carboxylic acids is 1. The highest BCUT2D eigenvalue weighted by Gasteiger charge is 2.25. The summed E-state index contributed by atoms with van der Waals surface area (Å²) in [7, 11) is 0. The molecule has 0 radical (unpaired) electrons. The lowest BCUT2D eigenvalue weighted by Crippen LogP contribution is -2.48. The van der Waals surface area contributed by atoms with Gasteiger partial charge in [-0.2, -0.15) is 0 Å². The van der Waals surface area contributed by atoms with Crippen molar-refractivity contribution in [2.24, 2.45) is 0 Å². The van der Waals surface area contributed by atoms with Crippen molar-refractivity contribution < 1.29 is 9.21 Å². The zero-order chi connectivity index (χ0) is 17.1. The van der Waals surface area contributed by atoms with E-state index in [9.17, 15) is 4.79 Å². The molecule has 0 bridgehead atoms. The highest BCUT2D eigenvalue weighted by molar-refractivity contribution is 6.33.